The Hall–Kier alpha value is -3.00. The molecule has 8 nitrogen and oxygen atoms in total. The monoisotopic (exact) mass is 287 g/mol. The summed E-state index contributed by atoms with van der Waals surface area (Å²) in [7, 11) is 0. The van der Waals surface area contributed by atoms with Crippen molar-refractivity contribution in [2.45, 2.75) is 6.92 Å². The van der Waals surface area contributed by atoms with Crippen LogP contribution in [0.25, 0.3) is 0 Å². The van der Waals surface area contributed by atoms with E-state index < -0.39 is 10.8 Å². The number of carbonyl (C=O) groups is 1. The summed E-state index contributed by atoms with van der Waals surface area (Å²) in [5, 5.41) is 13.6. The van der Waals surface area contributed by atoms with Crippen LogP contribution in [0.4, 0.5) is 17.1 Å². The fourth-order valence-corrected chi connectivity index (χ4v) is 1.84. The topological polar surface area (TPSA) is 123 Å². The molecule has 1 aromatic carbocycles. The maximum absolute atomic E-state index is 12.3. The Bertz CT molecular complexity index is 702. The van der Waals surface area contributed by atoms with E-state index in [0.717, 1.165) is 5.56 Å². The van der Waals surface area contributed by atoms with Crippen LogP contribution in [-0.4, -0.2) is 15.8 Å². The first kappa shape index (κ1) is 14.4. The number of hydrogen-bond acceptors (Lipinski definition) is 6. The van der Waals surface area contributed by atoms with Crippen LogP contribution in [-0.2, 0) is 0 Å². The van der Waals surface area contributed by atoms with Gasteiger partial charge in [-0.1, -0.05) is 6.07 Å². The first-order chi connectivity index (χ1) is 10.0. The van der Waals surface area contributed by atoms with Crippen molar-refractivity contribution in [2.24, 2.45) is 5.84 Å². The molecule has 0 atom stereocenters. The van der Waals surface area contributed by atoms with Gasteiger partial charge < -0.3 is 10.7 Å². The quantitative estimate of drug-likeness (QED) is 0.448. The second kappa shape index (κ2) is 5.97. The number of nitro groups is 1. The molecule has 0 aliphatic rings. The van der Waals surface area contributed by atoms with E-state index in [2.05, 4.69) is 15.7 Å². The predicted molar refractivity (Wildman–Crippen MR) is 77.8 cm³/mol. The van der Waals surface area contributed by atoms with E-state index in [1.54, 1.807) is 19.2 Å². The van der Waals surface area contributed by atoms with E-state index in [9.17, 15) is 14.9 Å². The summed E-state index contributed by atoms with van der Waals surface area (Å²) in [6.45, 7) is 1.79. The minimum Gasteiger partial charge on any atom is -0.322 e. The van der Waals surface area contributed by atoms with Gasteiger partial charge in [-0.05, 0) is 24.6 Å². The SMILES string of the molecule is Cc1cnccc1NC(=O)c1cccc([N+](=O)[O-])c1NN. The largest absolute Gasteiger partial charge is 0.322 e. The molecule has 1 aromatic heterocycles. The fraction of sp³-hybridized carbons (Fsp3) is 0.0769. The molecular formula is C13H13N5O3. The molecule has 1 heterocycles. The third-order valence-electron chi connectivity index (χ3n) is 2.90. The van der Waals surface area contributed by atoms with Crippen molar-refractivity contribution in [3.63, 3.8) is 0 Å². The molecule has 0 fully saturated rings. The summed E-state index contributed by atoms with van der Waals surface area (Å²) in [5.74, 6) is 4.81. The van der Waals surface area contributed by atoms with Gasteiger partial charge in [0.05, 0.1) is 10.5 Å². The number of nitrogens with zero attached hydrogens (tertiary/aromatic N) is 2. The van der Waals surface area contributed by atoms with Crippen molar-refractivity contribution in [3.8, 4) is 0 Å². The zero-order valence-electron chi connectivity index (χ0n) is 11.2. The number of hydrazine groups is 1. The van der Waals surface area contributed by atoms with Gasteiger partial charge in [0.25, 0.3) is 11.6 Å². The van der Waals surface area contributed by atoms with E-state index in [-0.39, 0.29) is 16.9 Å². The summed E-state index contributed by atoms with van der Waals surface area (Å²) in [5.41, 5.74) is 3.35. The molecule has 2 rings (SSSR count). The van der Waals surface area contributed by atoms with Gasteiger partial charge in [-0.3, -0.25) is 25.7 Å². The molecule has 108 valence electrons. The molecule has 0 aliphatic carbocycles. The standard InChI is InChI=1S/C13H13N5O3/c1-8-7-15-6-5-10(8)16-13(19)9-3-2-4-11(18(20)21)12(9)17-14/h2-7,17H,14H2,1H3,(H,15,16,19). The van der Waals surface area contributed by atoms with Gasteiger partial charge in [-0.25, -0.2) is 0 Å². The number of amides is 1. The Morgan fingerprint density at radius 2 is 2.14 bits per heavy atom. The molecule has 0 spiro atoms. The lowest BCUT2D eigenvalue weighted by Crippen LogP contribution is -2.18. The first-order valence-corrected chi connectivity index (χ1v) is 6.00. The van der Waals surface area contributed by atoms with Crippen LogP contribution in [0.15, 0.2) is 36.7 Å². The third-order valence-corrected chi connectivity index (χ3v) is 2.90. The minimum absolute atomic E-state index is 0.0355. The maximum atomic E-state index is 12.3. The van der Waals surface area contributed by atoms with Crippen LogP contribution in [0, 0.1) is 17.0 Å². The van der Waals surface area contributed by atoms with E-state index in [1.165, 1.54) is 24.4 Å². The lowest BCUT2D eigenvalue weighted by Gasteiger charge is -2.11. The molecule has 1 amide bonds. The molecule has 0 bridgehead atoms. The van der Waals surface area contributed by atoms with Crippen molar-refractivity contribution in [3.05, 3.63) is 57.9 Å². The van der Waals surface area contributed by atoms with E-state index in [1.807, 2.05) is 0 Å². The Labute approximate surface area is 120 Å². The van der Waals surface area contributed by atoms with Gasteiger partial charge in [0.2, 0.25) is 0 Å². The summed E-state index contributed by atoms with van der Waals surface area (Å²) < 4.78 is 0. The number of hydrogen-bond donors (Lipinski definition) is 3. The number of pyridine rings is 1. The highest BCUT2D eigenvalue weighted by molar-refractivity contribution is 6.09. The Morgan fingerprint density at radius 3 is 2.76 bits per heavy atom. The molecule has 0 saturated carbocycles. The highest BCUT2D eigenvalue weighted by Crippen LogP contribution is 2.28. The number of rotatable bonds is 4. The number of nitrogens with two attached hydrogens (primary N) is 1. The minimum atomic E-state index is -0.607. The summed E-state index contributed by atoms with van der Waals surface area (Å²) in [4.78, 5) is 26.5. The van der Waals surface area contributed by atoms with Crippen LogP contribution < -0.4 is 16.6 Å². The normalized spacial score (nSPS) is 10.0. The second-order valence-electron chi connectivity index (χ2n) is 4.25. The van der Waals surface area contributed by atoms with Crippen LogP contribution in [0.2, 0.25) is 0 Å². The Morgan fingerprint density at radius 1 is 1.38 bits per heavy atom. The number of aryl methyl sites for hydroxylation is 1. The van der Waals surface area contributed by atoms with Crippen LogP contribution in [0.5, 0.6) is 0 Å². The van der Waals surface area contributed by atoms with Gasteiger partial charge in [-0.2, -0.15) is 0 Å². The molecule has 21 heavy (non-hydrogen) atoms. The molecule has 0 unspecified atom stereocenters. The van der Waals surface area contributed by atoms with Gasteiger partial charge in [0.1, 0.15) is 5.69 Å². The molecule has 0 radical (unpaired) electrons. The average Bonchev–Trinajstić information content (AvgIpc) is 2.48. The zero-order chi connectivity index (χ0) is 15.4. The smallest absolute Gasteiger partial charge is 0.294 e. The highest BCUT2D eigenvalue weighted by atomic mass is 16.6. The molecule has 0 aliphatic heterocycles. The summed E-state index contributed by atoms with van der Waals surface area (Å²) in [6, 6.07) is 5.78. The fourth-order valence-electron chi connectivity index (χ4n) is 1.84. The highest BCUT2D eigenvalue weighted by Gasteiger charge is 2.21. The summed E-state index contributed by atoms with van der Waals surface area (Å²) in [6.07, 6.45) is 3.14. The van der Waals surface area contributed by atoms with Gasteiger partial charge in [0.15, 0.2) is 0 Å². The number of benzene rings is 1. The Balaban J connectivity index is 2.38. The number of carbonyl (C=O) groups excluding carboxylic acids is 1. The van der Waals surface area contributed by atoms with E-state index >= 15 is 0 Å². The second-order valence-corrected chi connectivity index (χ2v) is 4.25. The van der Waals surface area contributed by atoms with Crippen LogP contribution in [0.1, 0.15) is 15.9 Å². The van der Waals surface area contributed by atoms with Crippen molar-refractivity contribution in [1.29, 1.82) is 0 Å². The average molecular weight is 287 g/mol. The number of anilines is 2. The maximum Gasteiger partial charge on any atom is 0.294 e. The number of para-hydroxylation sites is 1. The van der Waals surface area contributed by atoms with E-state index in [4.69, 9.17) is 5.84 Å². The molecular weight excluding hydrogens is 274 g/mol. The number of aromatic nitrogens is 1. The molecule has 4 N–H and O–H groups in total. The van der Waals surface area contributed by atoms with Crippen molar-refractivity contribution in [1.82, 2.24) is 4.98 Å². The molecule has 8 heteroatoms. The lowest BCUT2D eigenvalue weighted by molar-refractivity contribution is -0.384. The van der Waals surface area contributed by atoms with Crippen molar-refractivity contribution >= 4 is 23.0 Å². The van der Waals surface area contributed by atoms with Gasteiger partial charge in [-0.15, -0.1) is 0 Å². The van der Waals surface area contributed by atoms with Crippen LogP contribution in [0.3, 0.4) is 0 Å². The summed E-state index contributed by atoms with van der Waals surface area (Å²) >= 11 is 0. The van der Waals surface area contributed by atoms with Gasteiger partial charge in [0, 0.05) is 24.1 Å². The van der Waals surface area contributed by atoms with Crippen LogP contribution >= 0.6 is 0 Å². The lowest BCUT2D eigenvalue weighted by atomic mass is 10.1. The zero-order valence-corrected chi connectivity index (χ0v) is 11.2. The number of nitro benzene ring substituents is 1. The van der Waals surface area contributed by atoms with Gasteiger partial charge >= 0.3 is 0 Å². The Kier molecular flexibility index (Phi) is 4.10. The van der Waals surface area contributed by atoms with Crippen molar-refractivity contribution in [2.75, 3.05) is 10.7 Å². The number of nitrogens with one attached hydrogen (secondary N) is 2. The molecule has 0 saturated heterocycles. The predicted octanol–water partition coefficient (Wildman–Crippen LogP) is 1.84. The third kappa shape index (κ3) is 2.95. The molecule has 2 aromatic rings. The van der Waals surface area contributed by atoms with Crippen molar-refractivity contribution < 1.29 is 9.72 Å². The van der Waals surface area contributed by atoms with E-state index in [0.29, 0.717) is 5.69 Å². The first-order valence-electron chi connectivity index (χ1n) is 6.00. The number of nitrogen functional groups attached to an aromatic ring is 1.